The Morgan fingerprint density at radius 2 is 1.92 bits per heavy atom. The fraction of sp³-hybridized carbons (Fsp3) is 0.526. The molecule has 132 valence electrons. The molecule has 0 spiro atoms. The van der Waals surface area contributed by atoms with E-state index >= 15 is 0 Å². The Morgan fingerprint density at radius 3 is 2.50 bits per heavy atom. The maximum atomic E-state index is 12.2. The number of carbonyl (C=O) groups excluding carboxylic acids is 1. The number of ether oxygens (including phenoxy) is 1. The van der Waals surface area contributed by atoms with E-state index in [-0.39, 0.29) is 28.8 Å². The summed E-state index contributed by atoms with van der Waals surface area (Å²) in [6.07, 6.45) is 5.02. The highest BCUT2D eigenvalue weighted by Crippen LogP contribution is 2.29. The van der Waals surface area contributed by atoms with Crippen LogP contribution in [-0.4, -0.2) is 35.2 Å². The van der Waals surface area contributed by atoms with Gasteiger partial charge in [0.25, 0.3) is 0 Å². The van der Waals surface area contributed by atoms with Gasteiger partial charge in [-0.05, 0) is 64.3 Å². The van der Waals surface area contributed by atoms with Crippen molar-refractivity contribution in [1.29, 1.82) is 0 Å². The quantitative estimate of drug-likeness (QED) is 0.742. The van der Waals surface area contributed by atoms with Crippen molar-refractivity contribution in [2.75, 3.05) is 7.11 Å². The van der Waals surface area contributed by atoms with E-state index in [1.807, 2.05) is 0 Å². The molecule has 5 heteroatoms. The standard InChI is InChI=1S/C19H28N2O3/c1-18(2)11-14(12-19(3,4)21-18)20-17(23)9-7-13-6-8-15(22)16(10-13)24-5/h6-10,14,21-22H,11-12H2,1-5H3,(H,20,23)/b9-7+. The van der Waals surface area contributed by atoms with Gasteiger partial charge in [0, 0.05) is 23.2 Å². The zero-order chi connectivity index (χ0) is 18.0. The summed E-state index contributed by atoms with van der Waals surface area (Å²) >= 11 is 0. The SMILES string of the molecule is COc1cc(/C=C/C(=O)NC2CC(C)(C)NC(C)(C)C2)ccc1O. The normalized spacial score (nSPS) is 20.0. The lowest BCUT2D eigenvalue weighted by molar-refractivity contribution is -0.117. The average Bonchev–Trinajstić information content (AvgIpc) is 2.43. The van der Waals surface area contributed by atoms with Crippen molar-refractivity contribution in [3.63, 3.8) is 0 Å². The Kier molecular flexibility index (Phi) is 5.23. The third kappa shape index (κ3) is 4.99. The van der Waals surface area contributed by atoms with Gasteiger partial charge in [-0.25, -0.2) is 0 Å². The number of phenols is 1. The number of aromatic hydroxyl groups is 1. The van der Waals surface area contributed by atoms with Crippen LogP contribution in [-0.2, 0) is 4.79 Å². The Morgan fingerprint density at radius 1 is 1.29 bits per heavy atom. The highest BCUT2D eigenvalue weighted by Gasteiger charge is 2.37. The second-order valence-electron chi connectivity index (χ2n) is 7.77. The molecule has 0 atom stereocenters. The molecule has 1 fully saturated rings. The van der Waals surface area contributed by atoms with Gasteiger partial charge in [0.15, 0.2) is 11.5 Å². The van der Waals surface area contributed by atoms with Crippen LogP contribution >= 0.6 is 0 Å². The predicted octanol–water partition coefficient (Wildman–Crippen LogP) is 2.84. The van der Waals surface area contributed by atoms with E-state index in [1.165, 1.54) is 13.2 Å². The van der Waals surface area contributed by atoms with Gasteiger partial charge in [-0.15, -0.1) is 0 Å². The molecule has 1 aliphatic rings. The Balaban J connectivity index is 2.00. The highest BCUT2D eigenvalue weighted by atomic mass is 16.5. The Bertz CT molecular complexity index is 619. The van der Waals surface area contributed by atoms with E-state index in [0.717, 1.165) is 18.4 Å². The number of nitrogens with one attached hydrogen (secondary N) is 2. The smallest absolute Gasteiger partial charge is 0.244 e. The average molecular weight is 332 g/mol. The maximum absolute atomic E-state index is 12.2. The molecule has 3 N–H and O–H groups in total. The molecule has 0 aliphatic carbocycles. The minimum absolute atomic E-state index is 0.00622. The number of piperidine rings is 1. The van der Waals surface area contributed by atoms with Gasteiger partial charge < -0.3 is 20.5 Å². The van der Waals surface area contributed by atoms with Crippen LogP contribution in [0.3, 0.4) is 0 Å². The summed E-state index contributed by atoms with van der Waals surface area (Å²) in [5.41, 5.74) is 0.785. The number of benzene rings is 1. The van der Waals surface area contributed by atoms with Crippen LogP contribution in [0.1, 0.15) is 46.1 Å². The van der Waals surface area contributed by atoms with Gasteiger partial charge in [-0.3, -0.25) is 4.79 Å². The molecular weight excluding hydrogens is 304 g/mol. The molecule has 1 heterocycles. The Labute approximate surface area is 144 Å². The fourth-order valence-corrected chi connectivity index (χ4v) is 3.64. The van der Waals surface area contributed by atoms with Crippen LogP contribution < -0.4 is 15.4 Å². The van der Waals surface area contributed by atoms with Crippen molar-refractivity contribution in [1.82, 2.24) is 10.6 Å². The molecule has 5 nitrogen and oxygen atoms in total. The second-order valence-corrected chi connectivity index (χ2v) is 7.77. The first-order valence-corrected chi connectivity index (χ1v) is 8.25. The third-order valence-corrected chi connectivity index (χ3v) is 4.17. The third-order valence-electron chi connectivity index (χ3n) is 4.17. The highest BCUT2D eigenvalue weighted by molar-refractivity contribution is 5.92. The summed E-state index contributed by atoms with van der Waals surface area (Å²) in [6, 6.07) is 5.12. The van der Waals surface area contributed by atoms with Crippen molar-refractivity contribution < 1.29 is 14.6 Å². The van der Waals surface area contributed by atoms with Crippen molar-refractivity contribution in [3.05, 3.63) is 29.8 Å². The molecule has 0 saturated carbocycles. The lowest BCUT2D eigenvalue weighted by atomic mass is 9.79. The number of methoxy groups -OCH3 is 1. The number of amides is 1. The van der Waals surface area contributed by atoms with E-state index in [9.17, 15) is 9.90 Å². The largest absolute Gasteiger partial charge is 0.504 e. The van der Waals surface area contributed by atoms with Crippen molar-refractivity contribution in [2.24, 2.45) is 0 Å². The molecule has 24 heavy (non-hydrogen) atoms. The first kappa shape index (κ1) is 18.3. The lowest BCUT2D eigenvalue weighted by Gasteiger charge is -2.46. The molecule has 0 bridgehead atoms. The van der Waals surface area contributed by atoms with Gasteiger partial charge in [0.05, 0.1) is 7.11 Å². The molecular formula is C19H28N2O3. The van der Waals surface area contributed by atoms with Crippen LogP contribution in [0.2, 0.25) is 0 Å². The summed E-state index contributed by atoms with van der Waals surface area (Å²) in [7, 11) is 1.50. The first-order chi connectivity index (χ1) is 11.1. The van der Waals surface area contributed by atoms with E-state index < -0.39 is 0 Å². The van der Waals surface area contributed by atoms with Crippen molar-refractivity contribution >= 4 is 12.0 Å². The van der Waals surface area contributed by atoms with Gasteiger partial charge >= 0.3 is 0 Å². The van der Waals surface area contributed by atoms with Gasteiger partial charge in [-0.2, -0.15) is 0 Å². The summed E-state index contributed by atoms with van der Waals surface area (Å²) < 4.78 is 5.07. The Hall–Kier alpha value is -2.01. The number of hydrogen-bond acceptors (Lipinski definition) is 4. The van der Waals surface area contributed by atoms with Crippen LogP contribution in [0.4, 0.5) is 0 Å². The predicted molar refractivity (Wildman–Crippen MR) is 96.2 cm³/mol. The first-order valence-electron chi connectivity index (χ1n) is 8.25. The van der Waals surface area contributed by atoms with Crippen LogP contribution in [0, 0.1) is 0 Å². The molecule has 1 aromatic carbocycles. The van der Waals surface area contributed by atoms with Gasteiger partial charge in [-0.1, -0.05) is 6.07 Å². The van der Waals surface area contributed by atoms with Crippen molar-refractivity contribution in [3.8, 4) is 11.5 Å². The summed E-state index contributed by atoms with van der Waals surface area (Å²) in [6.45, 7) is 8.63. The molecule has 1 saturated heterocycles. The molecule has 2 rings (SSSR count). The van der Waals surface area contributed by atoms with E-state index in [4.69, 9.17) is 4.74 Å². The number of hydrogen-bond donors (Lipinski definition) is 3. The van der Waals surface area contributed by atoms with E-state index in [2.05, 4.69) is 38.3 Å². The summed E-state index contributed by atoms with van der Waals surface area (Å²) in [5, 5.41) is 16.3. The zero-order valence-electron chi connectivity index (χ0n) is 15.1. The summed E-state index contributed by atoms with van der Waals surface area (Å²) in [4.78, 5) is 12.2. The maximum Gasteiger partial charge on any atom is 0.244 e. The number of rotatable bonds is 4. The van der Waals surface area contributed by atoms with Gasteiger partial charge in [0.1, 0.15) is 0 Å². The van der Waals surface area contributed by atoms with E-state index in [0.29, 0.717) is 5.75 Å². The fourth-order valence-electron chi connectivity index (χ4n) is 3.64. The minimum atomic E-state index is -0.111. The zero-order valence-corrected chi connectivity index (χ0v) is 15.1. The van der Waals surface area contributed by atoms with Crippen LogP contribution in [0.5, 0.6) is 11.5 Å². The monoisotopic (exact) mass is 332 g/mol. The topological polar surface area (TPSA) is 70.6 Å². The van der Waals surface area contributed by atoms with Crippen molar-refractivity contribution in [2.45, 2.75) is 57.7 Å². The molecule has 0 radical (unpaired) electrons. The molecule has 1 amide bonds. The van der Waals surface area contributed by atoms with E-state index in [1.54, 1.807) is 24.3 Å². The van der Waals surface area contributed by atoms with Crippen LogP contribution in [0.25, 0.3) is 6.08 Å². The summed E-state index contributed by atoms with van der Waals surface area (Å²) in [5.74, 6) is 0.359. The lowest BCUT2D eigenvalue weighted by Crippen LogP contribution is -2.62. The van der Waals surface area contributed by atoms with Crippen LogP contribution in [0.15, 0.2) is 24.3 Å². The molecule has 0 unspecified atom stereocenters. The number of carbonyl (C=O) groups is 1. The van der Waals surface area contributed by atoms with Gasteiger partial charge in [0.2, 0.25) is 5.91 Å². The molecule has 0 aromatic heterocycles. The number of phenolic OH excluding ortho intramolecular Hbond substituents is 1. The molecule has 1 aliphatic heterocycles. The second kappa shape index (κ2) is 6.85. The molecule has 1 aromatic rings. The minimum Gasteiger partial charge on any atom is -0.504 e.